The lowest BCUT2D eigenvalue weighted by Gasteiger charge is -2.17. The first-order chi connectivity index (χ1) is 13.0. The minimum Gasteiger partial charge on any atom is -0.303 e. The van der Waals surface area contributed by atoms with Crippen LogP contribution in [0.15, 0.2) is 57.9 Å². The Morgan fingerprint density at radius 1 is 1.04 bits per heavy atom. The number of thioether (sulfide) groups is 1. The highest BCUT2D eigenvalue weighted by molar-refractivity contribution is 9.10. The van der Waals surface area contributed by atoms with Crippen molar-refractivity contribution in [3.05, 3.63) is 69.0 Å². The summed E-state index contributed by atoms with van der Waals surface area (Å²) in [6.45, 7) is 2.82. The molecule has 2 aromatic rings. The Labute approximate surface area is 175 Å². The fourth-order valence-electron chi connectivity index (χ4n) is 3.27. The number of likely N-dealkylation sites (N-methyl/N-ethyl adjacent to an activating group) is 1. The van der Waals surface area contributed by atoms with Gasteiger partial charge in [-0.25, -0.2) is 0 Å². The van der Waals surface area contributed by atoms with Crippen molar-refractivity contribution in [1.29, 1.82) is 0 Å². The molecular formula is C20H15BrN2O2S2. The second-order valence-corrected chi connectivity index (χ2v) is 8.72. The molecule has 0 spiro atoms. The topological polar surface area (TPSA) is 40.6 Å². The zero-order valence-electron chi connectivity index (χ0n) is 14.4. The summed E-state index contributed by atoms with van der Waals surface area (Å²) >= 11 is 10.0. The van der Waals surface area contributed by atoms with E-state index >= 15 is 0 Å². The summed E-state index contributed by atoms with van der Waals surface area (Å²) in [5.74, 6) is -0.355. The van der Waals surface area contributed by atoms with Crippen molar-refractivity contribution in [2.45, 2.75) is 13.5 Å². The molecule has 136 valence electrons. The molecule has 0 saturated carbocycles. The van der Waals surface area contributed by atoms with E-state index in [0.29, 0.717) is 27.9 Å². The lowest BCUT2D eigenvalue weighted by atomic mass is 10.1. The van der Waals surface area contributed by atoms with Gasteiger partial charge in [-0.3, -0.25) is 14.5 Å². The second kappa shape index (κ2) is 7.22. The summed E-state index contributed by atoms with van der Waals surface area (Å²) in [6, 6.07) is 15.5. The van der Waals surface area contributed by atoms with Crippen LogP contribution in [-0.4, -0.2) is 27.6 Å². The lowest BCUT2D eigenvalue weighted by molar-refractivity contribution is -0.122. The second-order valence-electron chi connectivity index (χ2n) is 6.16. The minimum atomic E-state index is -0.191. The predicted octanol–water partition coefficient (Wildman–Crippen LogP) is 4.59. The summed E-state index contributed by atoms with van der Waals surface area (Å²) in [5.41, 5.74) is 3.04. The molecule has 2 amide bonds. The number of carbonyl (C=O) groups is 2. The van der Waals surface area contributed by atoms with E-state index in [1.165, 1.54) is 16.7 Å². The van der Waals surface area contributed by atoms with Crippen molar-refractivity contribution in [3.8, 4) is 0 Å². The van der Waals surface area contributed by atoms with Crippen LogP contribution in [0.25, 0.3) is 5.57 Å². The lowest BCUT2D eigenvalue weighted by Crippen LogP contribution is -2.29. The van der Waals surface area contributed by atoms with Crippen LogP contribution in [0, 0.1) is 0 Å². The highest BCUT2D eigenvalue weighted by Gasteiger charge is 2.41. The molecule has 2 heterocycles. The number of nitrogens with zero attached hydrogens (tertiary/aromatic N) is 2. The molecule has 2 aromatic carbocycles. The molecule has 0 unspecified atom stereocenters. The van der Waals surface area contributed by atoms with Gasteiger partial charge in [0, 0.05) is 16.6 Å². The Bertz CT molecular complexity index is 1000. The first-order valence-electron chi connectivity index (χ1n) is 8.45. The Hall–Kier alpha value is -1.96. The fourth-order valence-corrected chi connectivity index (χ4v) is 5.08. The number of amides is 2. The number of carbonyl (C=O) groups excluding carboxylic acids is 2. The summed E-state index contributed by atoms with van der Waals surface area (Å²) in [7, 11) is 0. The SMILES string of the molecule is CCN1C(=O)/C(=C2/C(=O)N(Cc3ccccc3)c3ccc(Br)cc32)SC1=S. The van der Waals surface area contributed by atoms with Crippen LogP contribution in [-0.2, 0) is 16.1 Å². The molecule has 1 saturated heterocycles. The maximum Gasteiger partial charge on any atom is 0.266 e. The standard InChI is InChI=1S/C20H15BrN2O2S2/c1-2-22-19(25)17(27-20(22)26)16-14-10-13(21)8-9-15(14)23(18(16)24)11-12-6-4-3-5-7-12/h3-10H,2,11H2,1H3/b17-16-. The van der Waals surface area contributed by atoms with E-state index in [9.17, 15) is 9.59 Å². The average Bonchev–Trinajstić information content (AvgIpc) is 3.08. The van der Waals surface area contributed by atoms with Crippen LogP contribution in [0.2, 0.25) is 0 Å². The van der Waals surface area contributed by atoms with Crippen molar-refractivity contribution in [2.75, 3.05) is 11.4 Å². The molecule has 7 heteroatoms. The number of fused-ring (bicyclic) bond motifs is 1. The zero-order valence-corrected chi connectivity index (χ0v) is 17.7. The highest BCUT2D eigenvalue weighted by atomic mass is 79.9. The predicted molar refractivity (Wildman–Crippen MR) is 116 cm³/mol. The van der Waals surface area contributed by atoms with Crippen molar-refractivity contribution in [1.82, 2.24) is 4.90 Å². The molecule has 0 N–H and O–H groups in total. The molecule has 2 aliphatic heterocycles. The summed E-state index contributed by atoms with van der Waals surface area (Å²) < 4.78 is 1.36. The number of benzene rings is 2. The molecular weight excluding hydrogens is 444 g/mol. The Morgan fingerprint density at radius 2 is 1.78 bits per heavy atom. The third-order valence-corrected chi connectivity index (χ3v) is 6.50. The van der Waals surface area contributed by atoms with Crippen LogP contribution < -0.4 is 4.90 Å². The smallest absolute Gasteiger partial charge is 0.266 e. The van der Waals surface area contributed by atoms with Gasteiger partial charge < -0.3 is 4.90 Å². The largest absolute Gasteiger partial charge is 0.303 e. The quantitative estimate of drug-likeness (QED) is 0.498. The van der Waals surface area contributed by atoms with Gasteiger partial charge in [-0.2, -0.15) is 0 Å². The molecule has 2 aliphatic rings. The summed E-state index contributed by atoms with van der Waals surface area (Å²) in [6.07, 6.45) is 0. The van der Waals surface area contributed by atoms with Gasteiger partial charge in [0.25, 0.3) is 11.8 Å². The van der Waals surface area contributed by atoms with E-state index in [-0.39, 0.29) is 11.8 Å². The zero-order chi connectivity index (χ0) is 19.1. The Balaban J connectivity index is 1.84. The Kier molecular flexibility index (Phi) is 4.92. The first kappa shape index (κ1) is 18.4. The van der Waals surface area contributed by atoms with Gasteiger partial charge in [0.05, 0.1) is 22.7 Å². The van der Waals surface area contributed by atoms with Crippen molar-refractivity contribution in [2.24, 2.45) is 0 Å². The van der Waals surface area contributed by atoms with E-state index < -0.39 is 0 Å². The molecule has 0 aromatic heterocycles. The third kappa shape index (κ3) is 3.13. The number of halogens is 1. The van der Waals surface area contributed by atoms with Crippen LogP contribution in [0.1, 0.15) is 18.1 Å². The summed E-state index contributed by atoms with van der Waals surface area (Å²) in [4.78, 5) is 29.8. The molecule has 0 aliphatic carbocycles. The van der Waals surface area contributed by atoms with E-state index in [2.05, 4.69) is 15.9 Å². The molecule has 0 bridgehead atoms. The van der Waals surface area contributed by atoms with Crippen LogP contribution >= 0.6 is 39.9 Å². The average molecular weight is 459 g/mol. The number of rotatable bonds is 3. The van der Waals surface area contributed by atoms with Gasteiger partial charge in [-0.05, 0) is 30.7 Å². The third-order valence-electron chi connectivity index (χ3n) is 4.55. The van der Waals surface area contributed by atoms with Crippen molar-refractivity contribution >= 4 is 67.3 Å². The molecule has 4 nitrogen and oxygen atoms in total. The number of anilines is 1. The first-order valence-corrected chi connectivity index (χ1v) is 10.5. The maximum absolute atomic E-state index is 13.3. The maximum atomic E-state index is 13.3. The van der Waals surface area contributed by atoms with Crippen LogP contribution in [0.5, 0.6) is 0 Å². The van der Waals surface area contributed by atoms with Crippen molar-refractivity contribution in [3.63, 3.8) is 0 Å². The molecule has 27 heavy (non-hydrogen) atoms. The normalized spacial score (nSPS) is 19.3. The fraction of sp³-hybridized carbons (Fsp3) is 0.150. The van der Waals surface area contributed by atoms with Crippen LogP contribution in [0.4, 0.5) is 5.69 Å². The van der Waals surface area contributed by atoms with Crippen molar-refractivity contribution < 1.29 is 9.59 Å². The molecule has 4 rings (SSSR count). The minimum absolute atomic E-state index is 0.163. The molecule has 1 fully saturated rings. The molecule has 0 radical (unpaired) electrons. The van der Waals surface area contributed by atoms with Gasteiger partial charge >= 0.3 is 0 Å². The van der Waals surface area contributed by atoms with E-state index in [1.54, 1.807) is 4.90 Å². The number of hydrogen-bond donors (Lipinski definition) is 0. The number of thiocarbonyl (C=S) groups is 1. The highest BCUT2D eigenvalue weighted by Crippen LogP contribution is 2.45. The van der Waals surface area contributed by atoms with Gasteiger partial charge in [0.2, 0.25) is 0 Å². The van der Waals surface area contributed by atoms with E-state index in [4.69, 9.17) is 12.2 Å². The monoisotopic (exact) mass is 458 g/mol. The molecule has 0 atom stereocenters. The van der Waals surface area contributed by atoms with Gasteiger partial charge in [0.15, 0.2) is 0 Å². The summed E-state index contributed by atoms with van der Waals surface area (Å²) in [5, 5.41) is 0. The van der Waals surface area contributed by atoms with E-state index in [1.807, 2.05) is 55.5 Å². The van der Waals surface area contributed by atoms with Gasteiger partial charge in [-0.15, -0.1) is 0 Å². The number of hydrogen-bond acceptors (Lipinski definition) is 4. The van der Waals surface area contributed by atoms with E-state index in [0.717, 1.165) is 21.3 Å². The van der Waals surface area contributed by atoms with Gasteiger partial charge in [-0.1, -0.05) is 70.2 Å². The Morgan fingerprint density at radius 3 is 2.44 bits per heavy atom. The van der Waals surface area contributed by atoms with Crippen LogP contribution in [0.3, 0.4) is 0 Å². The van der Waals surface area contributed by atoms with Gasteiger partial charge in [0.1, 0.15) is 4.32 Å².